The topological polar surface area (TPSA) is 92.2 Å². The molecule has 3 heterocycles. The number of piperidine rings is 1. The molecule has 0 spiro atoms. The van der Waals surface area contributed by atoms with Crippen LogP contribution in [0.25, 0.3) is 0 Å². The molecule has 0 unspecified atom stereocenters. The fourth-order valence-corrected chi connectivity index (χ4v) is 4.81. The van der Waals surface area contributed by atoms with Crippen molar-refractivity contribution >= 4 is 11.9 Å². The van der Waals surface area contributed by atoms with Crippen LogP contribution in [0.1, 0.15) is 56.9 Å². The number of aliphatic carboxylic acids is 1. The third-order valence-electron chi connectivity index (χ3n) is 6.76. The van der Waals surface area contributed by atoms with Crippen molar-refractivity contribution in [2.45, 2.75) is 64.0 Å². The van der Waals surface area contributed by atoms with Crippen molar-refractivity contribution in [2.24, 2.45) is 0 Å². The van der Waals surface area contributed by atoms with Gasteiger partial charge in [0.15, 0.2) is 11.5 Å². The number of nitrogens with zero attached hydrogens (tertiary/aromatic N) is 3. The number of hydrogen-bond donors (Lipinski definition) is 1. The summed E-state index contributed by atoms with van der Waals surface area (Å²) in [6.07, 6.45) is 7.84. The first-order valence-electron chi connectivity index (χ1n) is 12.7. The second kappa shape index (κ2) is 12.5. The summed E-state index contributed by atoms with van der Waals surface area (Å²) in [5.41, 5.74) is 1.03. The van der Waals surface area contributed by atoms with Gasteiger partial charge in [0.05, 0.1) is 13.0 Å². The third-order valence-corrected chi connectivity index (χ3v) is 6.76. The Bertz CT molecular complexity index is 990. The summed E-state index contributed by atoms with van der Waals surface area (Å²) < 4.78 is 12.2. The number of benzene rings is 1. The number of carbonyl (C=O) groups is 2. The highest BCUT2D eigenvalue weighted by Crippen LogP contribution is 2.33. The second-order valence-electron chi connectivity index (χ2n) is 9.26. The summed E-state index contributed by atoms with van der Waals surface area (Å²) in [7, 11) is 0. The van der Waals surface area contributed by atoms with E-state index in [-0.39, 0.29) is 18.7 Å². The molecule has 0 bridgehead atoms. The Morgan fingerprint density at radius 1 is 0.943 bits per heavy atom. The Hall–Kier alpha value is -3.13. The van der Waals surface area contributed by atoms with E-state index < -0.39 is 5.97 Å². The maximum absolute atomic E-state index is 12.4. The standard InChI is InChI=1S/C27H35N3O5/c31-25(11-12-26(32)33)29-17-13-22(14-18-29)30-16-5-1-2-6-19-34-23-9-3-4-10-24(23)35-27-21(20-30)8-7-15-28-27/h3-4,7-10,15,22H,1-2,5-6,11-14,16-20H2,(H,32,33). The number of pyridine rings is 1. The molecule has 0 atom stereocenters. The Morgan fingerprint density at radius 2 is 1.71 bits per heavy atom. The smallest absolute Gasteiger partial charge is 0.303 e. The van der Waals surface area contributed by atoms with Crippen molar-refractivity contribution in [3.8, 4) is 17.4 Å². The summed E-state index contributed by atoms with van der Waals surface area (Å²) >= 11 is 0. The van der Waals surface area contributed by atoms with Crippen LogP contribution < -0.4 is 9.47 Å². The van der Waals surface area contributed by atoms with Crippen LogP contribution in [0.5, 0.6) is 17.4 Å². The third kappa shape index (κ3) is 7.18. The Kier molecular flexibility index (Phi) is 8.95. The van der Waals surface area contributed by atoms with Crippen LogP contribution in [0, 0.1) is 0 Å². The Morgan fingerprint density at radius 3 is 2.51 bits per heavy atom. The van der Waals surface area contributed by atoms with Gasteiger partial charge in [0.2, 0.25) is 11.8 Å². The number of hydrogen-bond acceptors (Lipinski definition) is 6. The molecule has 0 aliphatic carbocycles. The Balaban J connectivity index is 1.47. The highest BCUT2D eigenvalue weighted by molar-refractivity contribution is 5.80. The van der Waals surface area contributed by atoms with Crippen LogP contribution in [0.3, 0.4) is 0 Å². The predicted octanol–water partition coefficient (Wildman–Crippen LogP) is 4.48. The first kappa shape index (κ1) is 25.0. The lowest BCUT2D eigenvalue weighted by Gasteiger charge is -2.39. The minimum atomic E-state index is -0.928. The number of likely N-dealkylation sites (tertiary alicyclic amines) is 1. The molecule has 1 aromatic heterocycles. The van der Waals surface area contributed by atoms with Crippen molar-refractivity contribution in [1.82, 2.24) is 14.8 Å². The number of ether oxygens (including phenoxy) is 2. The zero-order valence-electron chi connectivity index (χ0n) is 20.2. The molecule has 1 N–H and O–H groups in total. The van der Waals surface area contributed by atoms with Crippen LogP contribution in [0.2, 0.25) is 0 Å². The zero-order chi connectivity index (χ0) is 24.5. The van der Waals surface area contributed by atoms with Crippen LogP contribution in [0.15, 0.2) is 42.6 Å². The van der Waals surface area contributed by atoms with Gasteiger partial charge in [0.25, 0.3) is 0 Å². The van der Waals surface area contributed by atoms with E-state index >= 15 is 0 Å². The normalized spacial score (nSPS) is 18.3. The molecule has 0 radical (unpaired) electrons. The molecular weight excluding hydrogens is 446 g/mol. The molecule has 4 rings (SSSR count). The van der Waals surface area contributed by atoms with Gasteiger partial charge in [-0.25, -0.2) is 4.98 Å². The van der Waals surface area contributed by atoms with Gasteiger partial charge in [0, 0.05) is 43.9 Å². The molecule has 0 saturated carbocycles. The molecule has 2 aliphatic heterocycles. The molecular formula is C27H35N3O5. The van der Waals surface area contributed by atoms with Crippen molar-refractivity contribution in [1.29, 1.82) is 0 Å². The summed E-state index contributed by atoms with van der Waals surface area (Å²) in [6.45, 7) is 3.70. The molecule has 188 valence electrons. The number of fused-ring (bicyclic) bond motifs is 2. The molecule has 1 amide bonds. The lowest BCUT2D eigenvalue weighted by atomic mass is 10.0. The zero-order valence-corrected chi connectivity index (χ0v) is 20.2. The SMILES string of the molecule is O=C(O)CCC(=O)N1CCC(N2CCCCCCOc3ccccc3Oc3ncccc3C2)CC1. The number of rotatable bonds is 4. The largest absolute Gasteiger partial charge is 0.490 e. The number of amides is 1. The average molecular weight is 482 g/mol. The quantitative estimate of drug-likeness (QED) is 0.688. The molecule has 2 aliphatic rings. The molecule has 1 saturated heterocycles. The van der Waals surface area contributed by atoms with E-state index in [9.17, 15) is 9.59 Å². The first-order chi connectivity index (χ1) is 17.1. The van der Waals surface area contributed by atoms with Crippen molar-refractivity contribution in [2.75, 3.05) is 26.2 Å². The maximum atomic E-state index is 12.4. The molecule has 1 fully saturated rings. The van der Waals surface area contributed by atoms with E-state index in [0.717, 1.165) is 62.9 Å². The number of para-hydroxylation sites is 2. The number of carboxylic acids is 1. The van der Waals surface area contributed by atoms with Gasteiger partial charge in [-0.3, -0.25) is 14.5 Å². The van der Waals surface area contributed by atoms with Crippen molar-refractivity contribution in [3.63, 3.8) is 0 Å². The van der Waals surface area contributed by atoms with Gasteiger partial charge < -0.3 is 19.5 Å². The Labute approximate surface area is 206 Å². The summed E-state index contributed by atoms with van der Waals surface area (Å²) in [6, 6.07) is 12.1. The van der Waals surface area contributed by atoms with Crippen LogP contribution in [-0.2, 0) is 16.1 Å². The molecule has 1 aromatic carbocycles. The van der Waals surface area contributed by atoms with E-state index in [1.165, 1.54) is 0 Å². The van der Waals surface area contributed by atoms with Gasteiger partial charge in [-0.2, -0.15) is 0 Å². The minimum absolute atomic E-state index is 0.0595. The van der Waals surface area contributed by atoms with E-state index in [2.05, 4.69) is 16.0 Å². The number of carboxylic acid groups (broad SMARTS) is 1. The van der Waals surface area contributed by atoms with E-state index in [1.54, 1.807) is 6.20 Å². The van der Waals surface area contributed by atoms with Crippen LogP contribution in [0.4, 0.5) is 0 Å². The fourth-order valence-electron chi connectivity index (χ4n) is 4.81. The molecule has 2 aromatic rings. The van der Waals surface area contributed by atoms with Crippen molar-refractivity contribution in [3.05, 3.63) is 48.2 Å². The number of carbonyl (C=O) groups excluding carboxylic acids is 1. The lowest BCUT2D eigenvalue weighted by Crippen LogP contribution is -2.46. The van der Waals surface area contributed by atoms with Gasteiger partial charge >= 0.3 is 5.97 Å². The average Bonchev–Trinajstić information content (AvgIpc) is 2.87. The molecule has 35 heavy (non-hydrogen) atoms. The summed E-state index contributed by atoms with van der Waals surface area (Å²) in [5.74, 6) is 1.01. The summed E-state index contributed by atoms with van der Waals surface area (Å²) in [5, 5.41) is 8.87. The van der Waals surface area contributed by atoms with E-state index in [4.69, 9.17) is 14.6 Å². The van der Waals surface area contributed by atoms with Gasteiger partial charge in [-0.05, 0) is 50.4 Å². The highest BCUT2D eigenvalue weighted by atomic mass is 16.5. The van der Waals surface area contributed by atoms with Gasteiger partial charge in [-0.15, -0.1) is 0 Å². The first-order valence-corrected chi connectivity index (χ1v) is 12.7. The van der Waals surface area contributed by atoms with E-state index in [1.807, 2.05) is 35.2 Å². The summed E-state index contributed by atoms with van der Waals surface area (Å²) in [4.78, 5) is 32.1. The van der Waals surface area contributed by atoms with Crippen molar-refractivity contribution < 1.29 is 24.2 Å². The maximum Gasteiger partial charge on any atom is 0.303 e. The highest BCUT2D eigenvalue weighted by Gasteiger charge is 2.28. The molecule has 8 nitrogen and oxygen atoms in total. The second-order valence-corrected chi connectivity index (χ2v) is 9.26. The van der Waals surface area contributed by atoms with Crippen LogP contribution >= 0.6 is 0 Å². The van der Waals surface area contributed by atoms with Crippen LogP contribution in [-0.4, -0.2) is 64.0 Å². The molecule has 8 heteroatoms. The van der Waals surface area contributed by atoms with E-state index in [0.29, 0.717) is 37.4 Å². The monoisotopic (exact) mass is 481 g/mol. The number of aromatic nitrogens is 1. The lowest BCUT2D eigenvalue weighted by molar-refractivity contribution is -0.141. The fraction of sp³-hybridized carbons (Fsp3) is 0.519. The minimum Gasteiger partial charge on any atom is -0.490 e. The van der Waals surface area contributed by atoms with Gasteiger partial charge in [0.1, 0.15) is 0 Å². The van der Waals surface area contributed by atoms with Gasteiger partial charge in [-0.1, -0.05) is 31.0 Å². The predicted molar refractivity (Wildman–Crippen MR) is 132 cm³/mol.